The molecular weight excluding hydrogens is 398 g/mol. The van der Waals surface area contributed by atoms with E-state index in [1.54, 1.807) is 47.9 Å². The highest BCUT2D eigenvalue weighted by atomic mass is 16.4. The Kier molecular flexibility index (Phi) is 5.41. The second-order valence-electron chi connectivity index (χ2n) is 7.74. The summed E-state index contributed by atoms with van der Waals surface area (Å²) in [5.74, 6) is -1.07. The smallest absolute Gasteiger partial charge is 0.335 e. The van der Waals surface area contributed by atoms with Gasteiger partial charge in [-0.3, -0.25) is 9.69 Å². The number of carbonyl (C=O) groups excluding carboxylic acids is 2. The first-order chi connectivity index (χ1) is 14.8. The number of carboxylic acids is 1. The van der Waals surface area contributed by atoms with Crippen LogP contribution in [0.15, 0.2) is 42.5 Å². The van der Waals surface area contributed by atoms with Crippen molar-refractivity contribution in [3.8, 4) is 0 Å². The normalized spacial score (nSPS) is 14.6. The molecule has 0 radical (unpaired) electrons. The van der Waals surface area contributed by atoms with E-state index in [-0.39, 0.29) is 23.3 Å². The Morgan fingerprint density at radius 3 is 2.32 bits per heavy atom. The molecule has 2 heterocycles. The van der Waals surface area contributed by atoms with E-state index in [1.165, 1.54) is 17.0 Å². The first kappa shape index (κ1) is 20.5. The number of anilines is 1. The lowest BCUT2D eigenvalue weighted by atomic mass is 9.89. The number of nitrogens with zero attached hydrogens (tertiary/aromatic N) is 5. The van der Waals surface area contributed by atoms with E-state index in [0.717, 1.165) is 11.0 Å². The van der Waals surface area contributed by atoms with Crippen molar-refractivity contribution in [2.45, 2.75) is 12.8 Å². The van der Waals surface area contributed by atoms with Gasteiger partial charge in [0.25, 0.3) is 0 Å². The van der Waals surface area contributed by atoms with Gasteiger partial charge in [-0.25, -0.2) is 14.3 Å². The summed E-state index contributed by atoms with van der Waals surface area (Å²) in [6, 6.07) is 11.4. The van der Waals surface area contributed by atoms with Crippen molar-refractivity contribution >= 4 is 34.5 Å². The van der Waals surface area contributed by atoms with Gasteiger partial charge in [-0.2, -0.15) is 0 Å². The highest BCUT2D eigenvalue weighted by molar-refractivity contribution is 6.00. The van der Waals surface area contributed by atoms with Gasteiger partial charge in [-0.1, -0.05) is 5.21 Å². The Labute approximate surface area is 178 Å². The summed E-state index contributed by atoms with van der Waals surface area (Å²) in [5.41, 5.74) is 2.99. The molecule has 31 heavy (non-hydrogen) atoms. The molecule has 9 nitrogen and oxygen atoms in total. The molecule has 0 aliphatic carbocycles. The summed E-state index contributed by atoms with van der Waals surface area (Å²) >= 11 is 0. The monoisotopic (exact) mass is 421 g/mol. The van der Waals surface area contributed by atoms with Gasteiger partial charge < -0.3 is 10.0 Å². The number of ketones is 1. The van der Waals surface area contributed by atoms with E-state index in [1.807, 2.05) is 6.07 Å². The number of piperidine rings is 1. The number of carboxylic acid groups (broad SMARTS) is 1. The molecule has 0 bridgehead atoms. The zero-order valence-corrected chi connectivity index (χ0v) is 17.4. The minimum absolute atomic E-state index is 0.0767. The fourth-order valence-corrected chi connectivity index (χ4v) is 3.90. The molecule has 3 aromatic rings. The minimum atomic E-state index is -1.01. The van der Waals surface area contributed by atoms with Crippen LogP contribution in [0.5, 0.6) is 0 Å². The lowest BCUT2D eigenvalue weighted by Crippen LogP contribution is -2.46. The third-order valence-electron chi connectivity index (χ3n) is 5.82. The SMILES string of the molecule is CN(C(=O)N1CCC(C(=O)c2ccc3nnn(C)c3c2)CC1)c1ccc(C(=O)O)cc1. The Morgan fingerprint density at radius 2 is 1.68 bits per heavy atom. The molecule has 0 spiro atoms. The molecule has 1 saturated heterocycles. The number of amides is 2. The molecule has 1 aliphatic heterocycles. The maximum absolute atomic E-state index is 13.0. The molecule has 160 valence electrons. The predicted octanol–water partition coefficient (Wildman–Crippen LogP) is 2.82. The maximum Gasteiger partial charge on any atom is 0.335 e. The highest BCUT2D eigenvalue weighted by Gasteiger charge is 2.29. The van der Waals surface area contributed by atoms with Crippen molar-refractivity contribution in [1.29, 1.82) is 0 Å². The predicted molar refractivity (Wildman–Crippen MR) is 114 cm³/mol. The number of rotatable bonds is 4. The summed E-state index contributed by atoms with van der Waals surface area (Å²) < 4.78 is 1.65. The van der Waals surface area contributed by atoms with E-state index < -0.39 is 5.97 Å². The molecule has 4 rings (SSSR count). The first-order valence-electron chi connectivity index (χ1n) is 10.0. The zero-order valence-electron chi connectivity index (χ0n) is 17.4. The number of Topliss-reactive ketones (excluding diaryl/α,β-unsaturated/α-hetero) is 1. The van der Waals surface area contributed by atoms with Crippen LogP contribution in [0.4, 0.5) is 10.5 Å². The fraction of sp³-hybridized carbons (Fsp3) is 0.318. The maximum atomic E-state index is 13.0. The van der Waals surface area contributed by atoms with Gasteiger partial charge in [0.2, 0.25) is 0 Å². The molecule has 1 fully saturated rings. The molecule has 1 N–H and O–H groups in total. The van der Waals surface area contributed by atoms with Crippen LogP contribution in [0.3, 0.4) is 0 Å². The summed E-state index contributed by atoms with van der Waals surface area (Å²) in [6.45, 7) is 0.977. The van der Waals surface area contributed by atoms with Crippen LogP contribution < -0.4 is 4.90 Å². The Balaban J connectivity index is 1.39. The van der Waals surface area contributed by atoms with E-state index in [9.17, 15) is 14.4 Å². The van der Waals surface area contributed by atoms with Gasteiger partial charge in [-0.05, 0) is 55.3 Å². The molecular formula is C22H23N5O4. The summed E-state index contributed by atoms with van der Waals surface area (Å²) in [7, 11) is 3.45. The number of fused-ring (bicyclic) bond motifs is 1. The molecule has 9 heteroatoms. The molecule has 0 saturated carbocycles. The van der Waals surface area contributed by atoms with Gasteiger partial charge in [0.05, 0.1) is 11.1 Å². The van der Waals surface area contributed by atoms with Crippen LogP contribution in [-0.4, -0.2) is 62.9 Å². The second-order valence-corrected chi connectivity index (χ2v) is 7.74. The fourth-order valence-electron chi connectivity index (χ4n) is 3.90. The van der Waals surface area contributed by atoms with Gasteiger partial charge >= 0.3 is 12.0 Å². The van der Waals surface area contributed by atoms with Gasteiger partial charge in [0, 0.05) is 44.4 Å². The van der Waals surface area contributed by atoms with Gasteiger partial charge in [-0.15, -0.1) is 5.10 Å². The number of aryl methyl sites for hydroxylation is 1. The van der Waals surface area contributed by atoms with Crippen molar-refractivity contribution in [2.24, 2.45) is 13.0 Å². The number of hydrogen-bond donors (Lipinski definition) is 1. The topological polar surface area (TPSA) is 109 Å². The molecule has 1 aromatic heterocycles. The van der Waals surface area contributed by atoms with Crippen LogP contribution >= 0.6 is 0 Å². The van der Waals surface area contributed by atoms with Crippen molar-refractivity contribution in [3.63, 3.8) is 0 Å². The van der Waals surface area contributed by atoms with Crippen LogP contribution in [0.1, 0.15) is 33.6 Å². The first-order valence-corrected chi connectivity index (χ1v) is 10.0. The number of urea groups is 1. The van der Waals surface area contributed by atoms with Crippen molar-refractivity contribution in [1.82, 2.24) is 19.9 Å². The molecule has 1 aliphatic rings. The van der Waals surface area contributed by atoms with Gasteiger partial charge in [0.15, 0.2) is 5.78 Å². The van der Waals surface area contributed by atoms with Crippen LogP contribution in [0, 0.1) is 5.92 Å². The standard InChI is InChI=1S/C22H23N5O4/c1-25(17-6-3-15(4-7-17)21(29)30)22(31)27-11-9-14(10-12-27)20(28)16-5-8-18-19(13-16)26(2)24-23-18/h3-8,13-14H,9-12H2,1-2H3,(H,29,30). The molecule has 2 amide bonds. The summed E-state index contributed by atoms with van der Waals surface area (Å²) in [4.78, 5) is 40.1. The van der Waals surface area contributed by atoms with Crippen LogP contribution in [0.2, 0.25) is 0 Å². The number of aromatic carboxylic acids is 1. The second kappa shape index (κ2) is 8.17. The largest absolute Gasteiger partial charge is 0.478 e. The average molecular weight is 421 g/mol. The third kappa shape index (κ3) is 3.98. The summed E-state index contributed by atoms with van der Waals surface area (Å²) in [6.07, 6.45) is 1.19. The van der Waals surface area contributed by atoms with E-state index >= 15 is 0 Å². The van der Waals surface area contributed by atoms with E-state index in [0.29, 0.717) is 37.2 Å². The number of aromatic nitrogens is 3. The molecule has 0 unspecified atom stereocenters. The number of carbonyl (C=O) groups is 3. The van der Waals surface area contributed by atoms with E-state index in [2.05, 4.69) is 10.3 Å². The van der Waals surface area contributed by atoms with Crippen LogP contribution in [-0.2, 0) is 7.05 Å². The highest BCUT2D eigenvalue weighted by Crippen LogP contribution is 2.25. The van der Waals surface area contributed by atoms with Crippen LogP contribution in [0.25, 0.3) is 11.0 Å². The Morgan fingerprint density at radius 1 is 1.03 bits per heavy atom. The number of benzene rings is 2. The lowest BCUT2D eigenvalue weighted by molar-refractivity contribution is 0.0696. The quantitative estimate of drug-likeness (QED) is 0.649. The molecule has 2 aromatic carbocycles. The minimum Gasteiger partial charge on any atom is -0.478 e. The van der Waals surface area contributed by atoms with Crippen molar-refractivity contribution < 1.29 is 19.5 Å². The summed E-state index contributed by atoms with van der Waals surface area (Å²) in [5, 5.41) is 17.0. The Hall–Kier alpha value is -3.75. The van der Waals surface area contributed by atoms with Crippen molar-refractivity contribution in [3.05, 3.63) is 53.6 Å². The molecule has 0 atom stereocenters. The Bertz CT molecular complexity index is 1150. The number of likely N-dealkylation sites (tertiary alicyclic amines) is 1. The average Bonchev–Trinajstić information content (AvgIpc) is 3.18. The van der Waals surface area contributed by atoms with Crippen molar-refractivity contribution in [2.75, 3.05) is 25.0 Å². The van der Waals surface area contributed by atoms with Gasteiger partial charge in [0.1, 0.15) is 5.52 Å². The number of hydrogen-bond acceptors (Lipinski definition) is 5. The third-order valence-corrected chi connectivity index (χ3v) is 5.82. The zero-order chi connectivity index (χ0) is 22.1. The van der Waals surface area contributed by atoms with E-state index in [4.69, 9.17) is 5.11 Å². The lowest BCUT2D eigenvalue weighted by Gasteiger charge is -2.34.